The molecule has 13 heavy (non-hydrogen) atoms. The minimum atomic E-state index is -0.0996. The largest absolute Gasteiger partial charge is 0.466 e. The van der Waals surface area contributed by atoms with Gasteiger partial charge >= 0.3 is 5.97 Å². The van der Waals surface area contributed by atoms with E-state index in [0.717, 1.165) is 12.8 Å². The van der Waals surface area contributed by atoms with E-state index in [0.29, 0.717) is 13.0 Å². The second-order valence-corrected chi connectivity index (χ2v) is 3.47. The second kappa shape index (κ2) is 5.97. The van der Waals surface area contributed by atoms with Crippen molar-refractivity contribution in [2.45, 2.75) is 45.6 Å². The number of rotatable bonds is 6. The van der Waals surface area contributed by atoms with Gasteiger partial charge in [0.25, 0.3) is 0 Å². The highest BCUT2D eigenvalue weighted by Gasteiger charge is 2.20. The Morgan fingerprint density at radius 1 is 1.46 bits per heavy atom. The molecule has 3 nitrogen and oxygen atoms in total. The van der Waals surface area contributed by atoms with Crippen molar-refractivity contribution in [1.82, 2.24) is 5.32 Å². The number of carbonyl (C=O) groups excluding carboxylic acids is 1. The number of ether oxygens (including phenoxy) is 1. The number of hydrogen-bond donors (Lipinski definition) is 1. The third-order valence-corrected chi connectivity index (χ3v) is 2.57. The lowest BCUT2D eigenvalue weighted by molar-refractivity contribution is -0.143. The lowest BCUT2D eigenvalue weighted by Gasteiger charge is -2.27. The van der Waals surface area contributed by atoms with Gasteiger partial charge in [-0.25, -0.2) is 0 Å². The highest BCUT2D eigenvalue weighted by atomic mass is 16.5. The van der Waals surface area contributed by atoms with Gasteiger partial charge in [-0.2, -0.15) is 0 Å². The lowest BCUT2D eigenvalue weighted by Crippen LogP contribution is -2.39. The molecule has 0 bridgehead atoms. The predicted molar refractivity (Wildman–Crippen MR) is 53.6 cm³/mol. The summed E-state index contributed by atoms with van der Waals surface area (Å²) < 4.78 is 4.86. The molecule has 1 atom stereocenters. The van der Waals surface area contributed by atoms with Crippen LogP contribution in [-0.2, 0) is 9.53 Å². The molecule has 78 valence electrons. The van der Waals surface area contributed by atoms with Gasteiger partial charge in [-0.3, -0.25) is 4.79 Å². The third kappa shape index (κ3) is 4.88. The number of esters is 1. The Labute approximate surface area is 80.8 Å². The van der Waals surface area contributed by atoms with Crippen molar-refractivity contribution in [1.29, 1.82) is 0 Å². The molecule has 0 spiro atoms. The minimum Gasteiger partial charge on any atom is -0.466 e. The normalized spacial score (nSPS) is 15.1. The Balaban J connectivity index is 3.78. The Hall–Kier alpha value is -0.570. The van der Waals surface area contributed by atoms with Crippen LogP contribution in [0.5, 0.6) is 0 Å². The van der Waals surface area contributed by atoms with Crippen LogP contribution < -0.4 is 5.32 Å². The van der Waals surface area contributed by atoms with Crippen LogP contribution >= 0.6 is 0 Å². The van der Waals surface area contributed by atoms with Gasteiger partial charge in [-0.1, -0.05) is 6.92 Å². The zero-order chi connectivity index (χ0) is 10.3. The van der Waals surface area contributed by atoms with E-state index in [1.54, 1.807) is 0 Å². The smallest absolute Gasteiger partial charge is 0.305 e. The summed E-state index contributed by atoms with van der Waals surface area (Å²) in [5.74, 6) is -0.0996. The summed E-state index contributed by atoms with van der Waals surface area (Å²) in [5.41, 5.74) is 0.0623. The van der Waals surface area contributed by atoms with Gasteiger partial charge in [0.05, 0.1) is 6.61 Å². The number of nitrogens with one attached hydrogen (secondary N) is 1. The Morgan fingerprint density at radius 2 is 2.08 bits per heavy atom. The molecule has 0 aliphatic rings. The van der Waals surface area contributed by atoms with Crippen LogP contribution in [-0.4, -0.2) is 25.2 Å². The van der Waals surface area contributed by atoms with E-state index in [4.69, 9.17) is 4.74 Å². The van der Waals surface area contributed by atoms with Crippen molar-refractivity contribution in [3.8, 4) is 0 Å². The Bertz CT molecular complexity index is 153. The van der Waals surface area contributed by atoms with Gasteiger partial charge in [-0.05, 0) is 33.7 Å². The predicted octanol–water partition coefficient (Wildman–Crippen LogP) is 1.72. The zero-order valence-electron chi connectivity index (χ0n) is 9.14. The van der Waals surface area contributed by atoms with Crippen molar-refractivity contribution in [3.63, 3.8) is 0 Å². The summed E-state index contributed by atoms with van der Waals surface area (Å²) in [6.07, 6.45) is 2.35. The first kappa shape index (κ1) is 12.4. The van der Waals surface area contributed by atoms with Crippen molar-refractivity contribution in [2.24, 2.45) is 0 Å². The topological polar surface area (TPSA) is 38.3 Å². The van der Waals surface area contributed by atoms with Crippen molar-refractivity contribution < 1.29 is 9.53 Å². The molecule has 0 saturated heterocycles. The molecule has 0 rings (SSSR count). The standard InChI is InChI=1S/C10H21NO2/c1-5-10(3,11-4)8-7-9(12)13-6-2/h11H,5-8H2,1-4H3. The van der Waals surface area contributed by atoms with E-state index in [-0.39, 0.29) is 11.5 Å². The van der Waals surface area contributed by atoms with Crippen LogP contribution in [0.3, 0.4) is 0 Å². The first-order valence-electron chi connectivity index (χ1n) is 4.92. The van der Waals surface area contributed by atoms with Crippen molar-refractivity contribution in [3.05, 3.63) is 0 Å². The quantitative estimate of drug-likeness (QED) is 0.643. The van der Waals surface area contributed by atoms with E-state index in [1.807, 2.05) is 14.0 Å². The number of carbonyl (C=O) groups is 1. The van der Waals surface area contributed by atoms with Crippen LogP contribution in [0.15, 0.2) is 0 Å². The molecule has 0 aromatic heterocycles. The van der Waals surface area contributed by atoms with Crippen LogP contribution in [0, 0.1) is 0 Å². The van der Waals surface area contributed by atoms with Gasteiger partial charge in [0.15, 0.2) is 0 Å². The van der Waals surface area contributed by atoms with E-state index >= 15 is 0 Å². The molecule has 0 aromatic carbocycles. The maximum atomic E-state index is 11.1. The summed E-state index contributed by atoms with van der Waals surface area (Å²) >= 11 is 0. The van der Waals surface area contributed by atoms with Gasteiger partial charge in [0, 0.05) is 12.0 Å². The van der Waals surface area contributed by atoms with Gasteiger partial charge < -0.3 is 10.1 Å². The molecule has 0 amide bonds. The Morgan fingerprint density at radius 3 is 2.46 bits per heavy atom. The van der Waals surface area contributed by atoms with Gasteiger partial charge in [0.1, 0.15) is 0 Å². The highest BCUT2D eigenvalue weighted by molar-refractivity contribution is 5.69. The van der Waals surface area contributed by atoms with Crippen LogP contribution in [0.4, 0.5) is 0 Å². The maximum absolute atomic E-state index is 11.1. The fourth-order valence-corrected chi connectivity index (χ4v) is 1.09. The Kier molecular flexibility index (Phi) is 5.71. The summed E-state index contributed by atoms with van der Waals surface area (Å²) in [6, 6.07) is 0. The first-order chi connectivity index (χ1) is 6.08. The van der Waals surface area contributed by atoms with Crippen molar-refractivity contribution in [2.75, 3.05) is 13.7 Å². The minimum absolute atomic E-state index is 0.0623. The van der Waals surface area contributed by atoms with Crippen molar-refractivity contribution >= 4 is 5.97 Å². The van der Waals surface area contributed by atoms with Crippen LogP contribution in [0.25, 0.3) is 0 Å². The molecular formula is C10H21NO2. The van der Waals surface area contributed by atoms with E-state index in [9.17, 15) is 4.79 Å². The SMILES string of the molecule is CCOC(=O)CCC(C)(CC)NC. The summed E-state index contributed by atoms with van der Waals surface area (Å²) in [4.78, 5) is 11.1. The molecule has 1 N–H and O–H groups in total. The van der Waals surface area contributed by atoms with Gasteiger partial charge in [0.2, 0.25) is 0 Å². The molecule has 3 heteroatoms. The molecule has 0 heterocycles. The molecule has 0 aromatic rings. The lowest BCUT2D eigenvalue weighted by atomic mass is 9.93. The van der Waals surface area contributed by atoms with E-state index in [1.165, 1.54) is 0 Å². The molecule has 0 radical (unpaired) electrons. The summed E-state index contributed by atoms with van der Waals surface area (Å²) in [7, 11) is 1.93. The molecule has 1 unspecified atom stereocenters. The fourth-order valence-electron chi connectivity index (χ4n) is 1.09. The summed E-state index contributed by atoms with van der Waals surface area (Å²) in [6.45, 7) is 6.53. The van der Waals surface area contributed by atoms with Crippen LogP contribution in [0.2, 0.25) is 0 Å². The molecule has 0 aliphatic heterocycles. The summed E-state index contributed by atoms with van der Waals surface area (Å²) in [5, 5.41) is 3.22. The number of hydrogen-bond acceptors (Lipinski definition) is 3. The fraction of sp³-hybridized carbons (Fsp3) is 0.900. The second-order valence-electron chi connectivity index (χ2n) is 3.47. The molecule has 0 saturated carbocycles. The molecule has 0 aliphatic carbocycles. The zero-order valence-corrected chi connectivity index (χ0v) is 9.14. The average Bonchev–Trinajstić information content (AvgIpc) is 2.15. The maximum Gasteiger partial charge on any atom is 0.305 e. The highest BCUT2D eigenvalue weighted by Crippen LogP contribution is 2.15. The third-order valence-electron chi connectivity index (χ3n) is 2.57. The van der Waals surface area contributed by atoms with Gasteiger partial charge in [-0.15, -0.1) is 0 Å². The van der Waals surface area contributed by atoms with E-state index < -0.39 is 0 Å². The first-order valence-corrected chi connectivity index (χ1v) is 4.92. The molecule has 0 fully saturated rings. The molecular weight excluding hydrogens is 166 g/mol. The monoisotopic (exact) mass is 187 g/mol. The van der Waals surface area contributed by atoms with E-state index in [2.05, 4.69) is 19.2 Å². The van der Waals surface area contributed by atoms with Crippen LogP contribution in [0.1, 0.15) is 40.0 Å². The average molecular weight is 187 g/mol.